The summed E-state index contributed by atoms with van der Waals surface area (Å²) in [6.45, 7) is 4.46. The van der Waals surface area contributed by atoms with E-state index in [0.29, 0.717) is 16.1 Å². The van der Waals surface area contributed by atoms with Crippen LogP contribution < -0.4 is 4.90 Å². The molecule has 0 N–H and O–H groups in total. The molecule has 4 rings (SSSR count). The summed E-state index contributed by atoms with van der Waals surface area (Å²) in [5.41, 5.74) is 4.09. The van der Waals surface area contributed by atoms with Crippen LogP contribution in [0, 0.1) is 0 Å². The molecule has 4 heteroatoms. The van der Waals surface area contributed by atoms with Gasteiger partial charge in [0.1, 0.15) is 0 Å². The van der Waals surface area contributed by atoms with Crippen molar-refractivity contribution in [3.8, 4) is 0 Å². The van der Waals surface area contributed by atoms with Gasteiger partial charge in [-0.2, -0.15) is 0 Å². The number of fused-ring (bicyclic) bond motifs is 2. The molecule has 2 aliphatic heterocycles. The number of rotatable bonds is 3. The fourth-order valence-electron chi connectivity index (χ4n) is 4.01. The van der Waals surface area contributed by atoms with E-state index in [2.05, 4.69) is 40.1 Å². The van der Waals surface area contributed by atoms with Crippen LogP contribution in [0.15, 0.2) is 42.5 Å². The number of hydrogen-bond acceptors (Lipinski definition) is 2. The second kappa shape index (κ2) is 6.95. The van der Waals surface area contributed by atoms with Crippen molar-refractivity contribution in [3.63, 3.8) is 0 Å². The smallest absolute Gasteiger partial charge is 0.0595 e. The van der Waals surface area contributed by atoms with Gasteiger partial charge in [-0.3, -0.25) is 4.90 Å². The zero-order valence-electron chi connectivity index (χ0n) is 13.7. The molecule has 0 bridgehead atoms. The zero-order chi connectivity index (χ0) is 16.5. The van der Waals surface area contributed by atoms with Crippen LogP contribution in [0.1, 0.15) is 24.0 Å². The van der Waals surface area contributed by atoms with Crippen molar-refractivity contribution in [1.82, 2.24) is 4.90 Å². The van der Waals surface area contributed by atoms with Crippen LogP contribution in [0.4, 0.5) is 5.69 Å². The van der Waals surface area contributed by atoms with E-state index in [0.717, 1.165) is 26.1 Å². The molecule has 0 amide bonds. The zero-order valence-corrected chi connectivity index (χ0v) is 15.2. The van der Waals surface area contributed by atoms with Crippen LogP contribution in [0.5, 0.6) is 0 Å². The Morgan fingerprint density at radius 1 is 1.04 bits per heavy atom. The molecule has 0 spiro atoms. The summed E-state index contributed by atoms with van der Waals surface area (Å²) in [6.07, 6.45) is 3.63. The summed E-state index contributed by atoms with van der Waals surface area (Å²) < 4.78 is 0. The van der Waals surface area contributed by atoms with Gasteiger partial charge in [-0.15, -0.1) is 0 Å². The van der Waals surface area contributed by atoms with Gasteiger partial charge < -0.3 is 4.90 Å². The number of anilines is 1. The van der Waals surface area contributed by atoms with E-state index < -0.39 is 0 Å². The Morgan fingerprint density at radius 3 is 2.79 bits per heavy atom. The molecule has 2 nitrogen and oxygen atoms in total. The first kappa shape index (κ1) is 16.3. The molecule has 1 unspecified atom stereocenters. The molecule has 2 heterocycles. The van der Waals surface area contributed by atoms with Gasteiger partial charge in [0, 0.05) is 31.4 Å². The minimum atomic E-state index is 0.627. The molecule has 1 fully saturated rings. The fourth-order valence-corrected chi connectivity index (χ4v) is 4.33. The minimum Gasteiger partial charge on any atom is -0.369 e. The van der Waals surface area contributed by atoms with E-state index in [1.54, 1.807) is 0 Å². The Morgan fingerprint density at radius 2 is 1.92 bits per heavy atom. The number of para-hydroxylation sites is 1. The third-order valence-corrected chi connectivity index (χ3v) is 6.03. The van der Waals surface area contributed by atoms with Crippen LogP contribution in [-0.4, -0.2) is 30.6 Å². The van der Waals surface area contributed by atoms with Crippen molar-refractivity contribution < 1.29 is 0 Å². The number of benzene rings is 2. The van der Waals surface area contributed by atoms with Crippen LogP contribution in [0.25, 0.3) is 0 Å². The number of halogens is 2. The molecule has 1 atom stereocenters. The van der Waals surface area contributed by atoms with Crippen molar-refractivity contribution >= 4 is 28.9 Å². The lowest BCUT2D eigenvalue weighted by atomic mass is 10.1. The van der Waals surface area contributed by atoms with Crippen LogP contribution in [0.3, 0.4) is 0 Å². The molecule has 1 saturated heterocycles. The molecule has 0 aliphatic carbocycles. The van der Waals surface area contributed by atoms with Gasteiger partial charge in [-0.05, 0) is 55.1 Å². The lowest BCUT2D eigenvalue weighted by molar-refractivity contribution is 0.254. The van der Waals surface area contributed by atoms with Gasteiger partial charge in [-0.1, -0.05) is 47.5 Å². The summed E-state index contributed by atoms with van der Waals surface area (Å²) in [6, 6.07) is 15.5. The first-order valence-electron chi connectivity index (χ1n) is 8.71. The van der Waals surface area contributed by atoms with E-state index in [4.69, 9.17) is 23.2 Å². The number of hydrogen-bond donors (Lipinski definition) is 0. The molecule has 126 valence electrons. The maximum atomic E-state index is 6.16. The topological polar surface area (TPSA) is 6.48 Å². The van der Waals surface area contributed by atoms with Crippen molar-refractivity contribution in [2.45, 2.75) is 31.8 Å². The Bertz CT molecular complexity index is 731. The summed E-state index contributed by atoms with van der Waals surface area (Å²) in [7, 11) is 0. The highest BCUT2D eigenvalue weighted by Gasteiger charge is 2.30. The summed E-state index contributed by atoms with van der Waals surface area (Å²) in [5.74, 6) is 0. The van der Waals surface area contributed by atoms with Crippen molar-refractivity contribution in [3.05, 3.63) is 63.6 Å². The monoisotopic (exact) mass is 360 g/mol. The third kappa shape index (κ3) is 3.28. The van der Waals surface area contributed by atoms with Gasteiger partial charge in [0.05, 0.1) is 10.0 Å². The van der Waals surface area contributed by atoms with Crippen molar-refractivity contribution in [2.24, 2.45) is 0 Å². The maximum Gasteiger partial charge on any atom is 0.0595 e. The lowest BCUT2D eigenvalue weighted by Gasteiger charge is -2.28. The summed E-state index contributed by atoms with van der Waals surface area (Å²) in [4.78, 5) is 5.21. The van der Waals surface area contributed by atoms with Crippen molar-refractivity contribution in [2.75, 3.05) is 24.5 Å². The molecule has 0 radical (unpaired) electrons. The first-order chi connectivity index (χ1) is 11.7. The molecule has 0 aromatic heterocycles. The third-order valence-electron chi connectivity index (χ3n) is 5.29. The molecule has 2 aliphatic rings. The highest BCUT2D eigenvalue weighted by Crippen LogP contribution is 2.31. The van der Waals surface area contributed by atoms with Gasteiger partial charge in [-0.25, -0.2) is 0 Å². The normalized spacial score (nSPS) is 20.6. The number of nitrogens with zero attached hydrogens (tertiary/aromatic N) is 2. The molecule has 2 aromatic carbocycles. The highest BCUT2D eigenvalue weighted by atomic mass is 35.5. The van der Waals surface area contributed by atoms with Gasteiger partial charge in [0.15, 0.2) is 0 Å². The second-order valence-corrected chi connectivity index (χ2v) is 7.65. The van der Waals surface area contributed by atoms with E-state index in [1.165, 1.54) is 36.2 Å². The van der Waals surface area contributed by atoms with Crippen LogP contribution >= 0.6 is 23.2 Å². The second-order valence-electron chi connectivity index (χ2n) is 6.84. The Hall–Kier alpha value is -1.22. The lowest BCUT2D eigenvalue weighted by Crippen LogP contribution is -2.38. The SMILES string of the molecule is Clc1ccc(CCN2CC3CCCN3Cc3ccccc32)cc1Cl. The van der Waals surface area contributed by atoms with Gasteiger partial charge in [0.25, 0.3) is 0 Å². The highest BCUT2D eigenvalue weighted by molar-refractivity contribution is 6.42. The average Bonchev–Trinajstić information content (AvgIpc) is 2.96. The van der Waals surface area contributed by atoms with E-state index >= 15 is 0 Å². The van der Waals surface area contributed by atoms with Crippen LogP contribution in [0.2, 0.25) is 10.0 Å². The molecular weight excluding hydrogens is 339 g/mol. The van der Waals surface area contributed by atoms with E-state index in [-0.39, 0.29) is 0 Å². The van der Waals surface area contributed by atoms with E-state index in [9.17, 15) is 0 Å². The Balaban J connectivity index is 1.55. The maximum absolute atomic E-state index is 6.16. The van der Waals surface area contributed by atoms with Gasteiger partial charge >= 0.3 is 0 Å². The standard InChI is InChI=1S/C20H22Cl2N2/c21-18-8-7-15(12-19(18)22)9-11-24-14-17-5-3-10-23(17)13-16-4-1-2-6-20(16)24/h1-2,4,6-8,12,17H,3,5,9-11,13-14H2. The predicted octanol–water partition coefficient (Wildman–Crippen LogP) is 5.02. The minimum absolute atomic E-state index is 0.627. The Kier molecular flexibility index (Phi) is 4.71. The fraction of sp³-hybridized carbons (Fsp3) is 0.400. The molecule has 24 heavy (non-hydrogen) atoms. The average molecular weight is 361 g/mol. The largest absolute Gasteiger partial charge is 0.369 e. The molecular formula is C20H22Cl2N2. The van der Waals surface area contributed by atoms with E-state index in [1.807, 2.05) is 12.1 Å². The molecule has 0 saturated carbocycles. The first-order valence-corrected chi connectivity index (χ1v) is 9.47. The predicted molar refractivity (Wildman–Crippen MR) is 102 cm³/mol. The quantitative estimate of drug-likeness (QED) is 0.757. The van der Waals surface area contributed by atoms with Crippen LogP contribution in [-0.2, 0) is 13.0 Å². The summed E-state index contributed by atoms with van der Waals surface area (Å²) >= 11 is 12.2. The van der Waals surface area contributed by atoms with Crippen molar-refractivity contribution in [1.29, 1.82) is 0 Å². The van der Waals surface area contributed by atoms with Gasteiger partial charge in [0.2, 0.25) is 0 Å². The summed E-state index contributed by atoms with van der Waals surface area (Å²) in [5, 5.41) is 1.27. The molecule has 2 aromatic rings. The Labute approximate surface area is 154 Å².